The smallest absolute Gasteiger partial charge is 0.263 e. The molecule has 0 bridgehead atoms. The van der Waals surface area contributed by atoms with Gasteiger partial charge in [0.1, 0.15) is 18.3 Å². The molecule has 1 amide bonds. The Bertz CT molecular complexity index is 1040. The van der Waals surface area contributed by atoms with Crippen molar-refractivity contribution in [2.24, 2.45) is 5.10 Å². The van der Waals surface area contributed by atoms with Crippen molar-refractivity contribution in [2.45, 2.75) is 19.0 Å². The zero-order chi connectivity index (χ0) is 18.8. The minimum absolute atomic E-state index is 0.0890. The average molecular weight is 382 g/mol. The van der Waals surface area contributed by atoms with Crippen LogP contribution in [-0.4, -0.2) is 21.2 Å². The molecule has 0 radical (unpaired) electrons. The maximum absolute atomic E-state index is 12.9. The molecule has 6 nitrogen and oxygen atoms in total. The number of amides is 1. The zero-order valence-electron chi connectivity index (χ0n) is 14.3. The molecule has 136 valence electrons. The van der Waals surface area contributed by atoms with Crippen molar-refractivity contribution in [1.82, 2.24) is 9.58 Å². The molecular formula is C20H16ClN3O3. The minimum atomic E-state index is -0.349. The van der Waals surface area contributed by atoms with Crippen LogP contribution < -0.4 is 5.56 Å². The molecule has 1 aliphatic heterocycles. The highest BCUT2D eigenvalue weighted by Gasteiger charge is 2.34. The lowest BCUT2D eigenvalue weighted by atomic mass is 10.0. The molecule has 2 aromatic heterocycles. The van der Waals surface area contributed by atoms with Crippen molar-refractivity contribution in [3.8, 4) is 0 Å². The number of benzene rings is 1. The molecule has 0 spiro atoms. The molecule has 1 atom stereocenters. The molecule has 0 saturated heterocycles. The average Bonchev–Trinajstić information content (AvgIpc) is 3.33. The van der Waals surface area contributed by atoms with E-state index in [0.717, 1.165) is 11.3 Å². The van der Waals surface area contributed by atoms with Gasteiger partial charge in [0.15, 0.2) is 0 Å². The predicted molar refractivity (Wildman–Crippen MR) is 102 cm³/mol. The largest absolute Gasteiger partial charge is 0.467 e. The number of carbonyl (C=O) groups is 1. The van der Waals surface area contributed by atoms with E-state index in [4.69, 9.17) is 16.0 Å². The van der Waals surface area contributed by atoms with Gasteiger partial charge in [0, 0.05) is 23.7 Å². The van der Waals surface area contributed by atoms with Gasteiger partial charge in [-0.1, -0.05) is 29.8 Å². The SMILES string of the molecule is O=C(Cn1ccccc1=O)N1N=C(c2ccc(Cl)cc2)C[C@H]1c1ccco1. The molecule has 0 saturated carbocycles. The highest BCUT2D eigenvalue weighted by atomic mass is 35.5. The van der Waals surface area contributed by atoms with Crippen molar-refractivity contribution in [1.29, 1.82) is 0 Å². The summed E-state index contributed by atoms with van der Waals surface area (Å²) in [6.45, 7) is -0.0890. The second-order valence-electron chi connectivity index (χ2n) is 6.19. The van der Waals surface area contributed by atoms with E-state index < -0.39 is 0 Å². The monoisotopic (exact) mass is 381 g/mol. The first-order valence-corrected chi connectivity index (χ1v) is 8.84. The number of halogens is 1. The van der Waals surface area contributed by atoms with Gasteiger partial charge < -0.3 is 8.98 Å². The molecule has 1 aromatic carbocycles. The molecule has 3 aromatic rings. The van der Waals surface area contributed by atoms with Crippen molar-refractivity contribution in [3.63, 3.8) is 0 Å². The highest BCUT2D eigenvalue weighted by Crippen LogP contribution is 2.33. The summed E-state index contributed by atoms with van der Waals surface area (Å²) < 4.78 is 6.88. The molecule has 0 aliphatic carbocycles. The van der Waals surface area contributed by atoms with Gasteiger partial charge in [-0.15, -0.1) is 0 Å². The quantitative estimate of drug-likeness (QED) is 0.694. The van der Waals surface area contributed by atoms with Crippen LogP contribution >= 0.6 is 11.6 Å². The van der Waals surface area contributed by atoms with E-state index in [0.29, 0.717) is 17.2 Å². The van der Waals surface area contributed by atoms with Gasteiger partial charge in [-0.2, -0.15) is 5.10 Å². The summed E-state index contributed by atoms with van der Waals surface area (Å²) in [6.07, 6.45) is 3.67. The number of aromatic nitrogens is 1. The lowest BCUT2D eigenvalue weighted by Gasteiger charge is -2.20. The first-order chi connectivity index (χ1) is 13.1. The van der Waals surface area contributed by atoms with E-state index in [1.165, 1.54) is 15.6 Å². The van der Waals surface area contributed by atoms with E-state index in [1.54, 1.807) is 42.8 Å². The molecule has 0 N–H and O–H groups in total. The van der Waals surface area contributed by atoms with Gasteiger partial charge in [0.2, 0.25) is 0 Å². The Balaban J connectivity index is 1.65. The van der Waals surface area contributed by atoms with Crippen LogP contribution in [0.2, 0.25) is 5.02 Å². The Labute approximate surface area is 160 Å². The third-order valence-electron chi connectivity index (χ3n) is 4.42. The fourth-order valence-electron chi connectivity index (χ4n) is 3.07. The second kappa shape index (κ2) is 7.25. The van der Waals surface area contributed by atoms with Crippen LogP contribution in [0.15, 0.2) is 81.4 Å². The highest BCUT2D eigenvalue weighted by molar-refractivity contribution is 6.30. The maximum atomic E-state index is 12.9. The predicted octanol–water partition coefficient (Wildman–Crippen LogP) is 3.47. The maximum Gasteiger partial charge on any atom is 0.263 e. The van der Waals surface area contributed by atoms with E-state index in [1.807, 2.05) is 18.2 Å². The third kappa shape index (κ3) is 3.57. The summed E-state index contributed by atoms with van der Waals surface area (Å²) in [5.41, 5.74) is 1.42. The summed E-state index contributed by atoms with van der Waals surface area (Å²) in [5.74, 6) is 0.366. The summed E-state index contributed by atoms with van der Waals surface area (Å²) in [4.78, 5) is 24.8. The molecule has 0 unspecified atom stereocenters. The second-order valence-corrected chi connectivity index (χ2v) is 6.63. The standard InChI is InChI=1S/C20H16ClN3O3/c21-15-8-6-14(7-9-15)16-12-17(18-4-3-11-27-18)24(22-16)20(26)13-23-10-2-1-5-19(23)25/h1-11,17H,12-13H2/t17-/m0/s1. The van der Waals surface area contributed by atoms with Gasteiger partial charge in [0.25, 0.3) is 11.5 Å². The number of furan rings is 1. The topological polar surface area (TPSA) is 67.8 Å². The van der Waals surface area contributed by atoms with Crippen LogP contribution in [0.1, 0.15) is 23.8 Å². The van der Waals surface area contributed by atoms with Gasteiger partial charge in [-0.3, -0.25) is 9.59 Å². The summed E-state index contributed by atoms with van der Waals surface area (Å²) in [6, 6.07) is 15.3. The Morgan fingerprint density at radius 2 is 1.96 bits per heavy atom. The van der Waals surface area contributed by atoms with Gasteiger partial charge in [-0.25, -0.2) is 5.01 Å². The molecule has 1 aliphatic rings. The Hall–Kier alpha value is -3.12. The van der Waals surface area contributed by atoms with Crippen molar-refractivity contribution < 1.29 is 9.21 Å². The number of hydrogen-bond acceptors (Lipinski definition) is 4. The first kappa shape index (κ1) is 17.3. The van der Waals surface area contributed by atoms with E-state index in [2.05, 4.69) is 5.10 Å². The molecule has 7 heteroatoms. The minimum Gasteiger partial charge on any atom is -0.467 e. The summed E-state index contributed by atoms with van der Waals surface area (Å²) in [5, 5.41) is 6.57. The lowest BCUT2D eigenvalue weighted by molar-refractivity contribution is -0.134. The van der Waals surface area contributed by atoms with Crippen molar-refractivity contribution >= 4 is 23.2 Å². The fraction of sp³-hybridized carbons (Fsp3) is 0.150. The zero-order valence-corrected chi connectivity index (χ0v) is 15.0. The van der Waals surface area contributed by atoms with Crippen LogP contribution in [-0.2, 0) is 11.3 Å². The number of hydrazone groups is 1. The fourth-order valence-corrected chi connectivity index (χ4v) is 3.20. The number of hydrogen-bond donors (Lipinski definition) is 0. The van der Waals surface area contributed by atoms with Crippen LogP contribution in [0, 0.1) is 0 Å². The van der Waals surface area contributed by atoms with Crippen LogP contribution in [0.4, 0.5) is 0 Å². The van der Waals surface area contributed by atoms with Gasteiger partial charge >= 0.3 is 0 Å². The summed E-state index contributed by atoms with van der Waals surface area (Å²) >= 11 is 5.96. The number of pyridine rings is 1. The summed E-state index contributed by atoms with van der Waals surface area (Å²) in [7, 11) is 0. The molecule has 0 fully saturated rings. The molecular weight excluding hydrogens is 366 g/mol. The van der Waals surface area contributed by atoms with Gasteiger partial charge in [-0.05, 0) is 35.9 Å². The number of carbonyl (C=O) groups excluding carboxylic acids is 1. The van der Waals surface area contributed by atoms with E-state index >= 15 is 0 Å². The first-order valence-electron chi connectivity index (χ1n) is 8.46. The van der Waals surface area contributed by atoms with Crippen LogP contribution in [0.25, 0.3) is 0 Å². The van der Waals surface area contributed by atoms with Crippen LogP contribution in [0.5, 0.6) is 0 Å². The van der Waals surface area contributed by atoms with Crippen molar-refractivity contribution in [2.75, 3.05) is 0 Å². The van der Waals surface area contributed by atoms with E-state index in [-0.39, 0.29) is 24.1 Å². The molecule has 27 heavy (non-hydrogen) atoms. The van der Waals surface area contributed by atoms with Crippen molar-refractivity contribution in [3.05, 3.63) is 93.8 Å². The Morgan fingerprint density at radius 3 is 2.67 bits per heavy atom. The van der Waals surface area contributed by atoms with Crippen LogP contribution in [0.3, 0.4) is 0 Å². The Morgan fingerprint density at radius 1 is 1.15 bits per heavy atom. The normalized spacial score (nSPS) is 16.4. The lowest BCUT2D eigenvalue weighted by Crippen LogP contribution is -2.33. The third-order valence-corrected chi connectivity index (χ3v) is 4.67. The number of nitrogens with zero attached hydrogens (tertiary/aromatic N) is 3. The van der Waals surface area contributed by atoms with Gasteiger partial charge in [0.05, 0.1) is 12.0 Å². The molecule has 3 heterocycles. The number of rotatable bonds is 4. The Kier molecular flexibility index (Phi) is 4.64. The molecule has 4 rings (SSSR count). The van der Waals surface area contributed by atoms with E-state index in [9.17, 15) is 9.59 Å².